The molecule has 1 aromatic heterocycles. The first-order chi connectivity index (χ1) is 8.95. The summed E-state index contributed by atoms with van der Waals surface area (Å²) in [4.78, 5) is 20.6. The highest BCUT2D eigenvalue weighted by atomic mass is 32.2. The Kier molecular flexibility index (Phi) is 4.10. The molecule has 1 atom stereocenters. The lowest BCUT2D eigenvalue weighted by atomic mass is 9.97. The third-order valence-electron chi connectivity index (χ3n) is 3.27. The summed E-state index contributed by atoms with van der Waals surface area (Å²) in [5.41, 5.74) is 7.15. The topological polar surface area (TPSA) is 78.1 Å². The van der Waals surface area contributed by atoms with Gasteiger partial charge in [0.1, 0.15) is 5.54 Å². The first-order valence-electron chi connectivity index (χ1n) is 6.28. The molecule has 1 saturated carbocycles. The molecule has 1 aromatic rings. The van der Waals surface area contributed by atoms with Crippen LogP contribution >= 0.6 is 11.8 Å². The molecule has 2 N–H and O–H groups in total. The molecule has 5 nitrogen and oxygen atoms in total. The van der Waals surface area contributed by atoms with Gasteiger partial charge in [0.15, 0.2) is 5.16 Å². The number of aromatic nitrogens is 2. The molecule has 0 radical (unpaired) electrons. The number of nitrogens with zero attached hydrogens (tertiary/aromatic N) is 2. The van der Waals surface area contributed by atoms with Crippen molar-refractivity contribution in [3.8, 4) is 0 Å². The van der Waals surface area contributed by atoms with Gasteiger partial charge in [0.05, 0.1) is 7.11 Å². The number of methoxy groups -OCH3 is 1. The Balaban J connectivity index is 2.08. The van der Waals surface area contributed by atoms with Crippen molar-refractivity contribution in [2.75, 3.05) is 12.9 Å². The maximum absolute atomic E-state index is 11.9. The van der Waals surface area contributed by atoms with E-state index in [0.717, 1.165) is 24.2 Å². The van der Waals surface area contributed by atoms with Gasteiger partial charge in [-0.15, -0.1) is 0 Å². The summed E-state index contributed by atoms with van der Waals surface area (Å²) in [5, 5.41) is 0.664. The maximum atomic E-state index is 11.9. The van der Waals surface area contributed by atoms with Gasteiger partial charge in [0.2, 0.25) is 0 Å². The zero-order valence-electron chi connectivity index (χ0n) is 11.5. The molecule has 1 fully saturated rings. The second-order valence-electron chi connectivity index (χ2n) is 5.03. The molecule has 1 heterocycles. The van der Waals surface area contributed by atoms with Gasteiger partial charge in [0, 0.05) is 17.1 Å². The van der Waals surface area contributed by atoms with Crippen LogP contribution in [0.3, 0.4) is 0 Å². The van der Waals surface area contributed by atoms with E-state index in [1.807, 2.05) is 19.9 Å². The van der Waals surface area contributed by atoms with Crippen LogP contribution in [0, 0.1) is 19.8 Å². The maximum Gasteiger partial charge on any atom is 0.327 e. The van der Waals surface area contributed by atoms with Gasteiger partial charge in [-0.1, -0.05) is 11.8 Å². The molecule has 0 bridgehead atoms. The van der Waals surface area contributed by atoms with Crippen molar-refractivity contribution in [1.29, 1.82) is 0 Å². The number of hydrogen-bond donors (Lipinski definition) is 1. The quantitative estimate of drug-likeness (QED) is 0.500. The second kappa shape index (κ2) is 5.46. The number of thioether (sulfide) groups is 1. The summed E-state index contributed by atoms with van der Waals surface area (Å²) < 4.78 is 4.83. The van der Waals surface area contributed by atoms with E-state index in [1.54, 1.807) is 0 Å². The van der Waals surface area contributed by atoms with E-state index >= 15 is 0 Å². The number of carbonyl (C=O) groups is 1. The summed E-state index contributed by atoms with van der Waals surface area (Å²) in [6, 6.07) is 1.92. The van der Waals surface area contributed by atoms with E-state index in [9.17, 15) is 4.79 Å². The number of hydrogen-bond acceptors (Lipinski definition) is 6. The van der Waals surface area contributed by atoms with Crippen molar-refractivity contribution < 1.29 is 9.53 Å². The highest BCUT2D eigenvalue weighted by Crippen LogP contribution is 2.41. The van der Waals surface area contributed by atoms with Crippen LogP contribution in [0.25, 0.3) is 0 Å². The predicted molar refractivity (Wildman–Crippen MR) is 73.9 cm³/mol. The van der Waals surface area contributed by atoms with Crippen molar-refractivity contribution in [3.63, 3.8) is 0 Å². The van der Waals surface area contributed by atoms with Crippen LogP contribution in [0.5, 0.6) is 0 Å². The Morgan fingerprint density at radius 1 is 1.47 bits per heavy atom. The molecule has 0 aliphatic heterocycles. The van der Waals surface area contributed by atoms with Gasteiger partial charge in [-0.2, -0.15) is 0 Å². The van der Waals surface area contributed by atoms with Crippen molar-refractivity contribution in [1.82, 2.24) is 9.97 Å². The number of nitrogens with two attached hydrogens (primary N) is 1. The average molecular weight is 281 g/mol. The number of carbonyl (C=O) groups excluding carboxylic acids is 1. The van der Waals surface area contributed by atoms with Crippen LogP contribution in [-0.4, -0.2) is 34.3 Å². The molecule has 1 unspecified atom stereocenters. The Hall–Kier alpha value is -1.14. The summed E-state index contributed by atoms with van der Waals surface area (Å²) in [6.07, 6.45) is 1.97. The van der Waals surface area contributed by atoms with Crippen LogP contribution < -0.4 is 5.73 Å². The van der Waals surface area contributed by atoms with Crippen LogP contribution in [0.15, 0.2) is 11.2 Å². The predicted octanol–water partition coefficient (Wildman–Crippen LogP) is 1.47. The van der Waals surface area contributed by atoms with E-state index in [2.05, 4.69) is 9.97 Å². The van der Waals surface area contributed by atoms with E-state index in [-0.39, 0.29) is 11.9 Å². The fraction of sp³-hybridized carbons (Fsp3) is 0.615. The number of rotatable bonds is 5. The summed E-state index contributed by atoms with van der Waals surface area (Å²) in [7, 11) is 1.38. The van der Waals surface area contributed by atoms with Gasteiger partial charge in [-0.25, -0.2) is 9.97 Å². The monoisotopic (exact) mass is 281 g/mol. The molecule has 104 valence electrons. The summed E-state index contributed by atoms with van der Waals surface area (Å²) in [5.74, 6) is 0.331. The van der Waals surface area contributed by atoms with Crippen LogP contribution in [0.2, 0.25) is 0 Å². The minimum atomic E-state index is -0.916. The molecule has 2 rings (SSSR count). The Morgan fingerprint density at radius 2 is 2.05 bits per heavy atom. The molecule has 19 heavy (non-hydrogen) atoms. The van der Waals surface area contributed by atoms with E-state index < -0.39 is 5.54 Å². The van der Waals surface area contributed by atoms with Gasteiger partial charge >= 0.3 is 5.97 Å². The minimum absolute atomic E-state index is 0.221. The third-order valence-corrected chi connectivity index (χ3v) is 4.34. The highest BCUT2D eigenvalue weighted by molar-refractivity contribution is 7.99. The molecular formula is C13H19N3O2S. The largest absolute Gasteiger partial charge is 0.468 e. The fourth-order valence-electron chi connectivity index (χ4n) is 2.07. The third kappa shape index (κ3) is 3.25. The van der Waals surface area contributed by atoms with Crippen LogP contribution in [-0.2, 0) is 9.53 Å². The standard InChI is InChI=1S/C13H19N3O2S/c1-8-6-9(2)16-12(15-8)19-7-13(14,10-4-5-10)11(17)18-3/h6,10H,4-5,7,14H2,1-3H3. The lowest BCUT2D eigenvalue weighted by Crippen LogP contribution is -2.53. The normalized spacial score (nSPS) is 17.9. The van der Waals surface area contributed by atoms with Crippen molar-refractivity contribution in [2.24, 2.45) is 11.7 Å². The van der Waals surface area contributed by atoms with Crippen molar-refractivity contribution >= 4 is 17.7 Å². The Morgan fingerprint density at radius 3 is 2.53 bits per heavy atom. The minimum Gasteiger partial charge on any atom is -0.468 e. The summed E-state index contributed by atoms with van der Waals surface area (Å²) in [6.45, 7) is 3.85. The highest BCUT2D eigenvalue weighted by Gasteiger charge is 2.49. The molecular weight excluding hydrogens is 262 g/mol. The molecule has 1 aliphatic rings. The van der Waals surface area contributed by atoms with Crippen molar-refractivity contribution in [2.45, 2.75) is 37.4 Å². The average Bonchev–Trinajstić information content (AvgIpc) is 3.18. The smallest absolute Gasteiger partial charge is 0.327 e. The van der Waals surface area contributed by atoms with Crippen molar-refractivity contribution in [3.05, 3.63) is 17.5 Å². The Bertz CT molecular complexity index is 471. The first-order valence-corrected chi connectivity index (χ1v) is 7.26. The van der Waals surface area contributed by atoms with E-state index in [0.29, 0.717) is 10.9 Å². The zero-order valence-corrected chi connectivity index (χ0v) is 12.3. The second-order valence-corrected chi connectivity index (χ2v) is 5.97. The molecule has 0 spiro atoms. The van der Waals surface area contributed by atoms with Crippen LogP contribution in [0.4, 0.5) is 0 Å². The number of esters is 1. The SMILES string of the molecule is COC(=O)C(N)(CSc1nc(C)cc(C)n1)C1CC1. The van der Waals surface area contributed by atoms with E-state index in [1.165, 1.54) is 18.9 Å². The zero-order chi connectivity index (χ0) is 14.0. The molecule has 0 amide bonds. The fourth-order valence-corrected chi connectivity index (χ4v) is 3.21. The van der Waals surface area contributed by atoms with E-state index in [4.69, 9.17) is 10.5 Å². The molecule has 0 saturated heterocycles. The van der Waals surface area contributed by atoms with Crippen LogP contribution in [0.1, 0.15) is 24.2 Å². The van der Waals surface area contributed by atoms with Gasteiger partial charge in [0.25, 0.3) is 0 Å². The first kappa shape index (κ1) is 14.3. The molecule has 1 aliphatic carbocycles. The lowest BCUT2D eigenvalue weighted by Gasteiger charge is -2.25. The molecule has 6 heteroatoms. The number of aryl methyl sites for hydroxylation is 2. The Labute approximate surface area is 117 Å². The summed E-state index contributed by atoms with van der Waals surface area (Å²) >= 11 is 1.42. The lowest BCUT2D eigenvalue weighted by molar-refractivity contribution is -0.146. The molecule has 0 aromatic carbocycles. The number of ether oxygens (including phenoxy) is 1. The van der Waals surface area contributed by atoms with Gasteiger partial charge in [-0.05, 0) is 38.7 Å². The van der Waals surface area contributed by atoms with Gasteiger partial charge in [-0.3, -0.25) is 4.79 Å². The van der Waals surface area contributed by atoms with Gasteiger partial charge < -0.3 is 10.5 Å².